The van der Waals surface area contributed by atoms with E-state index in [1.54, 1.807) is 47.0 Å². The van der Waals surface area contributed by atoms with Crippen molar-refractivity contribution in [2.75, 3.05) is 17.7 Å². The lowest BCUT2D eigenvalue weighted by molar-refractivity contribution is -0.113. The van der Waals surface area contributed by atoms with E-state index in [4.69, 9.17) is 27.9 Å². The largest absolute Gasteiger partial charge is 0.494 e. The van der Waals surface area contributed by atoms with Crippen LogP contribution in [0.5, 0.6) is 5.75 Å². The van der Waals surface area contributed by atoms with Gasteiger partial charge in [0.2, 0.25) is 5.91 Å². The number of thioether (sulfide) groups is 1. The van der Waals surface area contributed by atoms with Gasteiger partial charge in [-0.05, 0) is 67.6 Å². The third-order valence-electron chi connectivity index (χ3n) is 5.14. The number of aromatic nitrogens is 3. The van der Waals surface area contributed by atoms with Gasteiger partial charge in [-0.3, -0.25) is 14.2 Å². The van der Waals surface area contributed by atoms with E-state index in [1.807, 2.05) is 6.92 Å². The van der Waals surface area contributed by atoms with Crippen LogP contribution in [0.15, 0.2) is 71.9 Å². The summed E-state index contributed by atoms with van der Waals surface area (Å²) in [5.74, 6) is -0.101. The molecule has 0 spiro atoms. The van der Waals surface area contributed by atoms with Crippen LogP contribution in [0, 0.1) is 5.82 Å². The van der Waals surface area contributed by atoms with Crippen LogP contribution in [0.2, 0.25) is 10.0 Å². The molecule has 8 nitrogen and oxygen atoms in total. The highest BCUT2D eigenvalue weighted by atomic mass is 35.5. The molecule has 1 aromatic heterocycles. The van der Waals surface area contributed by atoms with E-state index in [0.29, 0.717) is 44.8 Å². The van der Waals surface area contributed by atoms with Crippen LogP contribution in [0.1, 0.15) is 23.1 Å². The van der Waals surface area contributed by atoms with Gasteiger partial charge in [0, 0.05) is 11.3 Å². The summed E-state index contributed by atoms with van der Waals surface area (Å²) in [6.07, 6.45) is 0. The number of anilines is 1. The topological polar surface area (TPSA) is 98.1 Å². The van der Waals surface area contributed by atoms with E-state index in [9.17, 15) is 14.0 Å². The van der Waals surface area contributed by atoms with Crippen LogP contribution >= 0.6 is 35.0 Å². The number of nitrogens with one attached hydrogen (secondary N) is 2. The maximum absolute atomic E-state index is 13.5. The van der Waals surface area contributed by atoms with Crippen LogP contribution in [0.25, 0.3) is 5.69 Å². The summed E-state index contributed by atoms with van der Waals surface area (Å²) in [5.41, 5.74) is 1.39. The van der Waals surface area contributed by atoms with Gasteiger partial charge in [-0.2, -0.15) is 0 Å². The van der Waals surface area contributed by atoms with Crippen molar-refractivity contribution >= 4 is 52.5 Å². The van der Waals surface area contributed by atoms with Crippen molar-refractivity contribution in [2.45, 2.75) is 18.6 Å². The van der Waals surface area contributed by atoms with Crippen LogP contribution in [0.3, 0.4) is 0 Å². The number of hydrogen-bond acceptors (Lipinski definition) is 6. The highest BCUT2D eigenvalue weighted by molar-refractivity contribution is 7.99. The Hall–Kier alpha value is -3.60. The molecule has 4 aromatic rings. The molecule has 2 amide bonds. The van der Waals surface area contributed by atoms with E-state index < -0.39 is 11.7 Å². The van der Waals surface area contributed by atoms with Gasteiger partial charge in [-0.25, -0.2) is 4.39 Å². The van der Waals surface area contributed by atoms with Crippen molar-refractivity contribution in [2.24, 2.45) is 0 Å². The quantitative estimate of drug-likeness (QED) is 0.234. The standard InChI is InChI=1S/C26H22Cl2FN5O3S/c1-2-37-20-9-6-18(7-10-20)31-24(35)15-38-26-33-32-23(34(26)19-8-11-21(27)22(28)13-19)14-30-25(36)16-4-3-5-17(29)12-16/h3-13H,2,14-15H2,1H3,(H,30,36)(H,31,35). The third kappa shape index (κ3) is 7.03. The van der Waals surface area contributed by atoms with E-state index >= 15 is 0 Å². The number of amides is 2. The van der Waals surface area contributed by atoms with Gasteiger partial charge in [-0.15, -0.1) is 10.2 Å². The molecule has 0 aliphatic rings. The van der Waals surface area contributed by atoms with Crippen LogP contribution in [0.4, 0.5) is 10.1 Å². The highest BCUT2D eigenvalue weighted by Gasteiger charge is 2.18. The second kappa shape index (κ2) is 12.8. The third-order valence-corrected chi connectivity index (χ3v) is 6.81. The molecule has 2 N–H and O–H groups in total. The first kappa shape index (κ1) is 27.4. The SMILES string of the molecule is CCOc1ccc(NC(=O)CSc2nnc(CNC(=O)c3cccc(F)c3)n2-c2ccc(Cl)c(Cl)c2)cc1. The van der Waals surface area contributed by atoms with Crippen molar-refractivity contribution in [1.82, 2.24) is 20.1 Å². The van der Waals surface area contributed by atoms with E-state index in [-0.39, 0.29) is 23.8 Å². The Morgan fingerprint density at radius 1 is 1.03 bits per heavy atom. The Bertz CT molecular complexity index is 1450. The zero-order valence-corrected chi connectivity index (χ0v) is 22.4. The fourth-order valence-corrected chi connectivity index (χ4v) is 4.47. The van der Waals surface area contributed by atoms with Gasteiger partial charge in [0.05, 0.1) is 34.6 Å². The maximum Gasteiger partial charge on any atom is 0.251 e. The monoisotopic (exact) mass is 573 g/mol. The molecule has 0 bridgehead atoms. The van der Waals surface area contributed by atoms with Crippen molar-refractivity contribution < 1.29 is 18.7 Å². The van der Waals surface area contributed by atoms with Crippen LogP contribution in [-0.4, -0.2) is 38.9 Å². The zero-order chi connectivity index (χ0) is 27.1. The molecule has 38 heavy (non-hydrogen) atoms. The molecule has 0 saturated carbocycles. The minimum atomic E-state index is -0.515. The molecule has 0 aliphatic heterocycles. The predicted molar refractivity (Wildman–Crippen MR) is 146 cm³/mol. The Kier molecular flexibility index (Phi) is 9.22. The van der Waals surface area contributed by atoms with Gasteiger partial charge in [0.15, 0.2) is 11.0 Å². The maximum atomic E-state index is 13.5. The number of ether oxygens (including phenoxy) is 1. The van der Waals surface area contributed by atoms with Gasteiger partial charge in [0.25, 0.3) is 5.91 Å². The fraction of sp³-hybridized carbons (Fsp3) is 0.154. The molecule has 0 fully saturated rings. The zero-order valence-electron chi connectivity index (χ0n) is 20.1. The molecule has 196 valence electrons. The normalized spacial score (nSPS) is 10.7. The van der Waals surface area contributed by atoms with Crippen molar-refractivity contribution in [3.05, 3.63) is 94.0 Å². The Balaban J connectivity index is 1.49. The van der Waals surface area contributed by atoms with E-state index in [2.05, 4.69) is 20.8 Å². The first-order chi connectivity index (χ1) is 18.3. The summed E-state index contributed by atoms with van der Waals surface area (Å²) in [6, 6.07) is 17.4. The smallest absolute Gasteiger partial charge is 0.251 e. The molecule has 3 aromatic carbocycles. The Morgan fingerprint density at radius 3 is 2.53 bits per heavy atom. The van der Waals surface area contributed by atoms with Crippen molar-refractivity contribution in [3.8, 4) is 11.4 Å². The van der Waals surface area contributed by atoms with E-state index in [0.717, 1.165) is 17.8 Å². The number of rotatable bonds is 10. The van der Waals surface area contributed by atoms with Gasteiger partial charge < -0.3 is 15.4 Å². The summed E-state index contributed by atoms with van der Waals surface area (Å²) in [7, 11) is 0. The lowest BCUT2D eigenvalue weighted by Gasteiger charge is -2.12. The minimum absolute atomic E-state index is 0.0124. The minimum Gasteiger partial charge on any atom is -0.494 e. The number of halogens is 3. The summed E-state index contributed by atoms with van der Waals surface area (Å²) >= 11 is 13.5. The molecule has 4 rings (SSSR count). The Labute approximate surface area is 232 Å². The molecule has 0 saturated heterocycles. The molecule has 0 radical (unpaired) electrons. The number of carbonyl (C=O) groups excluding carboxylic acids is 2. The molecule has 0 aliphatic carbocycles. The van der Waals surface area contributed by atoms with Crippen LogP contribution < -0.4 is 15.4 Å². The summed E-state index contributed by atoms with van der Waals surface area (Å²) in [6.45, 7) is 2.44. The van der Waals surface area contributed by atoms with Crippen molar-refractivity contribution in [1.29, 1.82) is 0 Å². The average molecular weight is 574 g/mol. The summed E-state index contributed by atoms with van der Waals surface area (Å²) < 4.78 is 20.6. The molecule has 1 heterocycles. The summed E-state index contributed by atoms with van der Waals surface area (Å²) in [5, 5.41) is 15.0. The number of nitrogens with zero attached hydrogens (tertiary/aromatic N) is 3. The number of benzene rings is 3. The summed E-state index contributed by atoms with van der Waals surface area (Å²) in [4.78, 5) is 25.1. The molecular weight excluding hydrogens is 552 g/mol. The lowest BCUT2D eigenvalue weighted by atomic mass is 10.2. The fourth-order valence-electron chi connectivity index (χ4n) is 3.41. The van der Waals surface area contributed by atoms with Gasteiger partial charge >= 0.3 is 0 Å². The van der Waals surface area contributed by atoms with Crippen LogP contribution in [-0.2, 0) is 11.3 Å². The molecule has 0 unspecified atom stereocenters. The molecule has 0 atom stereocenters. The first-order valence-corrected chi connectivity index (χ1v) is 13.2. The van der Waals surface area contributed by atoms with Gasteiger partial charge in [-0.1, -0.05) is 41.0 Å². The number of carbonyl (C=O) groups is 2. The van der Waals surface area contributed by atoms with E-state index in [1.165, 1.54) is 18.2 Å². The lowest BCUT2D eigenvalue weighted by Crippen LogP contribution is -2.24. The second-order valence-electron chi connectivity index (χ2n) is 7.82. The Morgan fingerprint density at radius 2 is 1.82 bits per heavy atom. The highest BCUT2D eigenvalue weighted by Crippen LogP contribution is 2.28. The van der Waals surface area contributed by atoms with Crippen molar-refractivity contribution in [3.63, 3.8) is 0 Å². The molecule has 12 heteroatoms. The molecular formula is C26H22Cl2FN5O3S. The first-order valence-electron chi connectivity index (χ1n) is 11.4. The average Bonchev–Trinajstić information content (AvgIpc) is 3.31. The van der Waals surface area contributed by atoms with Gasteiger partial charge in [0.1, 0.15) is 11.6 Å². The predicted octanol–water partition coefficient (Wildman–Crippen LogP) is 5.77. The second-order valence-corrected chi connectivity index (χ2v) is 9.58. The number of hydrogen-bond donors (Lipinski definition) is 2.